The van der Waals surface area contributed by atoms with Gasteiger partial charge < -0.3 is 14.8 Å². The minimum absolute atomic E-state index is 0.00116. The van der Waals surface area contributed by atoms with Crippen LogP contribution in [-0.2, 0) is 11.2 Å². The maximum atomic E-state index is 12.9. The van der Waals surface area contributed by atoms with Gasteiger partial charge in [-0.3, -0.25) is 9.69 Å². The zero-order valence-electron chi connectivity index (χ0n) is 17.6. The van der Waals surface area contributed by atoms with Gasteiger partial charge in [0.15, 0.2) is 0 Å². The molecule has 1 fully saturated rings. The van der Waals surface area contributed by atoms with E-state index in [1.165, 1.54) is 0 Å². The lowest BCUT2D eigenvalue weighted by Crippen LogP contribution is -2.48. The van der Waals surface area contributed by atoms with Crippen LogP contribution < -0.4 is 5.32 Å². The molecule has 0 bridgehead atoms. The minimum atomic E-state index is 0.00116. The topological polar surface area (TPSA) is 40.5 Å². The van der Waals surface area contributed by atoms with Crippen LogP contribution in [0.5, 0.6) is 0 Å². The molecule has 5 heteroatoms. The van der Waals surface area contributed by atoms with Crippen LogP contribution >= 0.6 is 0 Å². The number of nitrogens with zero attached hydrogens (tertiary/aromatic N) is 3. The average Bonchev–Trinajstić information content (AvgIpc) is 3.31. The van der Waals surface area contributed by atoms with Gasteiger partial charge in [0, 0.05) is 50.8 Å². The fourth-order valence-electron chi connectivity index (χ4n) is 3.93. The number of carbonyl (C=O) groups is 1. The number of amides is 1. The maximum Gasteiger partial charge on any atom is 0.224 e. The molecular weight excluding hydrogens is 372 g/mol. The summed E-state index contributed by atoms with van der Waals surface area (Å²) in [6.07, 6.45) is 4.42. The van der Waals surface area contributed by atoms with Gasteiger partial charge in [-0.1, -0.05) is 42.5 Å². The second-order valence-electron chi connectivity index (χ2n) is 8.07. The first-order chi connectivity index (χ1) is 14.7. The fraction of sp³-hybridized carbons (Fsp3) is 0.320. The van der Waals surface area contributed by atoms with Crippen molar-refractivity contribution in [2.45, 2.75) is 12.5 Å². The third kappa shape index (κ3) is 5.38. The Hall–Kier alpha value is -2.89. The molecule has 3 aromatic rings. The quantitative estimate of drug-likeness (QED) is 0.660. The van der Waals surface area contributed by atoms with Gasteiger partial charge in [0.2, 0.25) is 5.91 Å². The molecule has 2 aromatic carbocycles. The summed E-state index contributed by atoms with van der Waals surface area (Å²) in [5.74, 6) is 0.0618. The van der Waals surface area contributed by atoms with Crippen LogP contribution in [0.15, 0.2) is 79.1 Å². The molecule has 4 rings (SSSR count). The highest BCUT2D eigenvalue weighted by Crippen LogP contribution is 2.16. The summed E-state index contributed by atoms with van der Waals surface area (Å²) >= 11 is 0. The summed E-state index contributed by atoms with van der Waals surface area (Å²) in [6, 6.07) is 22.5. The first-order valence-corrected chi connectivity index (χ1v) is 10.6. The molecule has 0 saturated carbocycles. The molecule has 1 aliphatic rings. The molecule has 0 radical (unpaired) electrons. The number of piperazine rings is 1. The number of nitrogens with one attached hydrogen (secondary N) is 1. The molecule has 0 spiro atoms. The Morgan fingerprint density at radius 2 is 1.57 bits per heavy atom. The van der Waals surface area contributed by atoms with Crippen molar-refractivity contribution in [2.24, 2.45) is 0 Å². The zero-order valence-corrected chi connectivity index (χ0v) is 17.6. The molecule has 5 nitrogen and oxygen atoms in total. The van der Waals surface area contributed by atoms with Gasteiger partial charge in [0.05, 0.1) is 12.5 Å². The van der Waals surface area contributed by atoms with Crippen LogP contribution in [0.2, 0.25) is 0 Å². The van der Waals surface area contributed by atoms with Crippen LogP contribution in [0.1, 0.15) is 17.2 Å². The van der Waals surface area contributed by atoms with Gasteiger partial charge in [0.25, 0.3) is 0 Å². The number of hydrogen-bond donors (Lipinski definition) is 1. The molecule has 1 saturated heterocycles. The number of rotatable bonds is 7. The van der Waals surface area contributed by atoms with Crippen molar-refractivity contribution in [1.29, 1.82) is 0 Å². The first-order valence-electron chi connectivity index (χ1n) is 10.6. The van der Waals surface area contributed by atoms with E-state index in [2.05, 4.69) is 51.0 Å². The smallest absolute Gasteiger partial charge is 0.224 e. The average molecular weight is 403 g/mol. The highest BCUT2D eigenvalue weighted by atomic mass is 16.1. The maximum absolute atomic E-state index is 12.9. The molecule has 0 aliphatic carbocycles. The summed E-state index contributed by atoms with van der Waals surface area (Å²) in [7, 11) is 2.16. The largest absolute Gasteiger partial charge is 0.348 e. The number of aromatic nitrogens is 1. The predicted molar refractivity (Wildman–Crippen MR) is 121 cm³/mol. The lowest BCUT2D eigenvalue weighted by Gasteiger charge is -2.35. The van der Waals surface area contributed by atoms with Gasteiger partial charge in [-0.05, 0) is 42.4 Å². The molecule has 1 atom stereocenters. The van der Waals surface area contributed by atoms with E-state index in [1.807, 2.05) is 54.9 Å². The van der Waals surface area contributed by atoms with E-state index < -0.39 is 0 Å². The Bertz CT molecular complexity index is 914. The molecule has 2 heterocycles. The lowest BCUT2D eigenvalue weighted by atomic mass is 10.0. The van der Waals surface area contributed by atoms with Crippen molar-refractivity contribution in [3.05, 3.63) is 90.3 Å². The van der Waals surface area contributed by atoms with Gasteiger partial charge in [0.1, 0.15) is 0 Å². The molecule has 1 unspecified atom stereocenters. The second kappa shape index (κ2) is 9.74. The van der Waals surface area contributed by atoms with Crippen LogP contribution in [0, 0.1) is 0 Å². The number of benzene rings is 2. The van der Waals surface area contributed by atoms with Crippen molar-refractivity contribution in [2.75, 3.05) is 39.8 Å². The Morgan fingerprint density at radius 1 is 0.900 bits per heavy atom. The molecule has 1 aromatic heterocycles. The van der Waals surface area contributed by atoms with Crippen molar-refractivity contribution >= 4 is 5.91 Å². The van der Waals surface area contributed by atoms with E-state index >= 15 is 0 Å². The van der Waals surface area contributed by atoms with Crippen LogP contribution in [0.25, 0.3) is 5.69 Å². The molecule has 156 valence electrons. The summed E-state index contributed by atoms with van der Waals surface area (Å²) < 4.78 is 2.06. The lowest BCUT2D eigenvalue weighted by molar-refractivity contribution is -0.121. The molecule has 1 amide bonds. The van der Waals surface area contributed by atoms with E-state index in [0.717, 1.165) is 49.5 Å². The molecule has 1 aliphatic heterocycles. The van der Waals surface area contributed by atoms with E-state index in [9.17, 15) is 4.79 Å². The van der Waals surface area contributed by atoms with Gasteiger partial charge in [-0.15, -0.1) is 0 Å². The van der Waals surface area contributed by atoms with Crippen LogP contribution in [0.4, 0.5) is 0 Å². The van der Waals surface area contributed by atoms with Crippen molar-refractivity contribution in [3.8, 4) is 5.69 Å². The highest BCUT2D eigenvalue weighted by molar-refractivity contribution is 5.79. The van der Waals surface area contributed by atoms with Crippen LogP contribution in [-0.4, -0.2) is 60.0 Å². The van der Waals surface area contributed by atoms with Crippen LogP contribution in [0.3, 0.4) is 0 Å². The Labute approximate surface area is 178 Å². The first kappa shape index (κ1) is 20.4. The summed E-state index contributed by atoms with van der Waals surface area (Å²) in [5.41, 5.74) is 3.28. The fourth-order valence-corrected chi connectivity index (χ4v) is 3.93. The Balaban J connectivity index is 1.40. The van der Waals surface area contributed by atoms with Gasteiger partial charge >= 0.3 is 0 Å². The van der Waals surface area contributed by atoms with E-state index in [1.54, 1.807) is 0 Å². The Morgan fingerprint density at radius 3 is 2.23 bits per heavy atom. The van der Waals surface area contributed by atoms with Crippen molar-refractivity contribution < 1.29 is 4.79 Å². The summed E-state index contributed by atoms with van der Waals surface area (Å²) in [5, 5.41) is 3.28. The van der Waals surface area contributed by atoms with E-state index in [4.69, 9.17) is 0 Å². The zero-order chi connectivity index (χ0) is 20.8. The molecular formula is C25H30N4O. The molecule has 30 heavy (non-hydrogen) atoms. The molecule has 1 N–H and O–H groups in total. The highest BCUT2D eigenvalue weighted by Gasteiger charge is 2.21. The normalized spacial score (nSPS) is 16.3. The number of hydrogen-bond acceptors (Lipinski definition) is 3. The third-order valence-electron chi connectivity index (χ3n) is 5.78. The van der Waals surface area contributed by atoms with Crippen molar-refractivity contribution in [3.63, 3.8) is 0 Å². The second-order valence-corrected chi connectivity index (χ2v) is 8.07. The number of carbonyl (C=O) groups excluding carboxylic acids is 1. The monoisotopic (exact) mass is 402 g/mol. The van der Waals surface area contributed by atoms with Gasteiger partial charge in [-0.2, -0.15) is 0 Å². The Kier molecular flexibility index (Phi) is 6.62. The minimum Gasteiger partial charge on any atom is -0.348 e. The van der Waals surface area contributed by atoms with E-state index in [0.29, 0.717) is 6.42 Å². The van der Waals surface area contributed by atoms with Crippen molar-refractivity contribution in [1.82, 2.24) is 19.7 Å². The standard InChI is InChI=1S/C25H30N4O/c1-27-15-17-28(18-16-27)20-24(22-7-3-2-4-8-22)26-25(30)19-21-9-11-23(12-10-21)29-13-5-6-14-29/h2-14,24H,15-20H2,1H3,(H,26,30). The third-order valence-corrected chi connectivity index (χ3v) is 5.78. The summed E-state index contributed by atoms with van der Waals surface area (Å²) in [4.78, 5) is 17.7. The SMILES string of the molecule is CN1CCN(CC(NC(=O)Cc2ccc(-n3cccc3)cc2)c2ccccc2)CC1. The van der Waals surface area contributed by atoms with Gasteiger partial charge in [-0.25, -0.2) is 0 Å². The summed E-state index contributed by atoms with van der Waals surface area (Å²) in [6.45, 7) is 5.07. The predicted octanol–water partition coefficient (Wildman–Crippen LogP) is 3.12. The van der Waals surface area contributed by atoms with E-state index in [-0.39, 0.29) is 11.9 Å². The number of likely N-dealkylation sites (N-methyl/N-ethyl adjacent to an activating group) is 1.